The molecule has 6 heteroatoms. The topological polar surface area (TPSA) is 80.9 Å². The Hall–Kier alpha value is 1.27. The van der Waals surface area contributed by atoms with Gasteiger partial charge in [-0.25, -0.2) is 0 Å². The third-order valence-corrected chi connectivity index (χ3v) is 0. The van der Waals surface area contributed by atoms with Gasteiger partial charge in [-0.2, -0.15) is 0 Å². The van der Waals surface area contributed by atoms with Crippen LogP contribution in [0.15, 0.2) is 0 Å². The second kappa shape index (κ2) is 3.29. The van der Waals surface area contributed by atoms with Gasteiger partial charge in [-0.1, -0.05) is 0 Å². The molecule has 0 aliphatic rings. The van der Waals surface area contributed by atoms with Crippen molar-refractivity contribution >= 4 is 37.7 Å². The van der Waals surface area contributed by atoms with E-state index >= 15 is 0 Å². The molecule has 0 aromatic carbocycles. The molecular formula is H6NaO4P. The van der Waals surface area contributed by atoms with Gasteiger partial charge in [-0.15, -0.1) is 0 Å². The molecule has 0 rings (SSSR count). The van der Waals surface area contributed by atoms with E-state index in [-0.39, 0.29) is 29.6 Å². The van der Waals surface area contributed by atoms with Crippen molar-refractivity contribution in [2.24, 2.45) is 0 Å². The number of hydrogen-bond donors (Lipinski definition) is 4. The predicted molar refractivity (Wildman–Crippen MR) is 24.3 cm³/mol. The molecule has 0 unspecified atom stereocenters. The zero-order valence-corrected chi connectivity index (χ0v) is 3.29. The van der Waals surface area contributed by atoms with Crippen molar-refractivity contribution < 1.29 is 19.6 Å². The molecule has 4 N–H and O–H groups in total. The zero-order chi connectivity index (χ0) is 4.50. The quantitative estimate of drug-likeness (QED) is 0.216. The molecule has 0 saturated heterocycles. The van der Waals surface area contributed by atoms with Crippen LogP contribution in [0.1, 0.15) is 0 Å². The molecule has 0 bridgehead atoms. The van der Waals surface area contributed by atoms with Gasteiger partial charge in [0.25, 0.3) is 0 Å². The van der Waals surface area contributed by atoms with E-state index in [1.165, 1.54) is 0 Å². The van der Waals surface area contributed by atoms with Crippen molar-refractivity contribution in [2.45, 2.75) is 0 Å². The Balaban J connectivity index is 0. The molecule has 0 aliphatic heterocycles. The fourth-order valence-corrected chi connectivity index (χ4v) is 0. The summed E-state index contributed by atoms with van der Waals surface area (Å²) in [6.45, 7) is 0. The molecule has 6 heavy (non-hydrogen) atoms. The van der Waals surface area contributed by atoms with Crippen molar-refractivity contribution in [3.63, 3.8) is 0 Å². The third-order valence-electron chi connectivity index (χ3n) is 0. The van der Waals surface area contributed by atoms with Crippen LogP contribution in [0.3, 0.4) is 0 Å². The molecule has 0 fully saturated rings. The predicted octanol–water partition coefficient (Wildman–Crippen LogP) is -2.28. The summed E-state index contributed by atoms with van der Waals surface area (Å²) < 4.78 is 0. The summed E-state index contributed by atoms with van der Waals surface area (Å²) >= 11 is 0. The summed E-state index contributed by atoms with van der Waals surface area (Å²) in [6.07, 6.45) is 0. The maximum absolute atomic E-state index is 7.33. The fourth-order valence-electron chi connectivity index (χ4n) is 0. The Labute approximate surface area is 57.4 Å². The van der Waals surface area contributed by atoms with Crippen molar-refractivity contribution in [3.05, 3.63) is 0 Å². The molecule has 0 spiro atoms. The van der Waals surface area contributed by atoms with Crippen LogP contribution in [-0.2, 0) is 0 Å². The second-order valence-corrected chi connectivity index (χ2v) is 1.80. The molecule has 0 atom stereocenters. The van der Waals surface area contributed by atoms with Crippen LogP contribution < -0.4 is 0 Å². The zero-order valence-electron chi connectivity index (χ0n) is 2.29. The molecule has 0 saturated carbocycles. The molecule has 0 radical (unpaired) electrons. The molecule has 0 aromatic rings. The molecule has 0 aromatic heterocycles. The van der Waals surface area contributed by atoms with E-state index < -0.39 is 8.17 Å². The number of hydrogen-bond acceptors (Lipinski definition) is 4. The summed E-state index contributed by atoms with van der Waals surface area (Å²) in [5, 5.41) is 0. The summed E-state index contributed by atoms with van der Waals surface area (Å²) in [5.41, 5.74) is 0. The SMILES string of the molecule is O[PH](O)(O)O.[NaH]. The van der Waals surface area contributed by atoms with Crippen LogP contribution in [0.2, 0.25) is 0 Å². The Bertz CT molecular complexity index is 23.0. The monoisotopic (exact) mass is 124 g/mol. The van der Waals surface area contributed by atoms with Crippen LogP contribution in [0, 0.1) is 0 Å². The van der Waals surface area contributed by atoms with Gasteiger partial charge >= 0.3 is 57.3 Å². The first-order valence-electron chi connectivity index (χ1n) is 0.894. The van der Waals surface area contributed by atoms with Gasteiger partial charge in [0.15, 0.2) is 0 Å². The molecule has 0 amide bonds. The second-order valence-electron chi connectivity index (χ2n) is 0.600. The van der Waals surface area contributed by atoms with Crippen molar-refractivity contribution in [1.82, 2.24) is 0 Å². The van der Waals surface area contributed by atoms with Crippen LogP contribution in [0.25, 0.3) is 0 Å². The first-order valence-corrected chi connectivity index (χ1v) is 2.68. The van der Waals surface area contributed by atoms with E-state index in [9.17, 15) is 0 Å². The van der Waals surface area contributed by atoms with Crippen molar-refractivity contribution in [3.8, 4) is 0 Å². The van der Waals surface area contributed by atoms with Crippen LogP contribution in [0.4, 0.5) is 0 Å². The first-order chi connectivity index (χ1) is 2.00. The minimum atomic E-state index is -4.61. The van der Waals surface area contributed by atoms with Crippen LogP contribution in [0.5, 0.6) is 0 Å². The van der Waals surface area contributed by atoms with Gasteiger partial charge in [0.1, 0.15) is 0 Å². The average Bonchev–Trinajstić information content (AvgIpc) is 0.722. The van der Waals surface area contributed by atoms with Gasteiger partial charge in [0.2, 0.25) is 0 Å². The van der Waals surface area contributed by atoms with Crippen LogP contribution in [-0.4, -0.2) is 49.1 Å². The summed E-state index contributed by atoms with van der Waals surface area (Å²) in [6, 6.07) is 0. The van der Waals surface area contributed by atoms with E-state index in [0.29, 0.717) is 0 Å². The summed E-state index contributed by atoms with van der Waals surface area (Å²) in [5.74, 6) is 0. The maximum atomic E-state index is 7.33. The van der Waals surface area contributed by atoms with E-state index in [1.54, 1.807) is 0 Å². The van der Waals surface area contributed by atoms with Gasteiger partial charge in [-0.3, -0.25) is 0 Å². The number of rotatable bonds is 0. The van der Waals surface area contributed by atoms with Gasteiger partial charge < -0.3 is 0 Å². The summed E-state index contributed by atoms with van der Waals surface area (Å²) in [4.78, 5) is 29.3. The first kappa shape index (κ1) is 10.3. The summed E-state index contributed by atoms with van der Waals surface area (Å²) in [7, 11) is -4.61. The average molecular weight is 124 g/mol. The fraction of sp³-hybridized carbons (Fsp3) is 0. The van der Waals surface area contributed by atoms with E-state index in [1.807, 2.05) is 0 Å². The Morgan fingerprint density at radius 1 is 0.833 bits per heavy atom. The minimum absolute atomic E-state index is 0. The van der Waals surface area contributed by atoms with Gasteiger partial charge in [0, 0.05) is 0 Å². The molecule has 0 aliphatic carbocycles. The normalized spacial score (nSPS) is 12.7. The molecule has 36 valence electrons. The van der Waals surface area contributed by atoms with Gasteiger partial charge in [0.05, 0.1) is 0 Å². The Morgan fingerprint density at radius 3 is 0.833 bits per heavy atom. The molecular weight excluding hydrogens is 118 g/mol. The Kier molecular flexibility index (Phi) is 5.65. The van der Waals surface area contributed by atoms with Crippen LogP contribution >= 0.6 is 8.17 Å². The standard InChI is InChI=1S/Na.H5O4P.H/c;1-5(2,3)4;/h;1-5H;. The molecule has 4 nitrogen and oxygen atoms in total. The van der Waals surface area contributed by atoms with Gasteiger partial charge in [-0.05, 0) is 0 Å². The Morgan fingerprint density at radius 2 is 0.833 bits per heavy atom. The van der Waals surface area contributed by atoms with E-state index in [2.05, 4.69) is 0 Å². The van der Waals surface area contributed by atoms with E-state index in [0.717, 1.165) is 0 Å². The molecule has 0 heterocycles. The van der Waals surface area contributed by atoms with Crippen molar-refractivity contribution in [2.75, 3.05) is 0 Å². The third kappa shape index (κ3) is 59.6. The van der Waals surface area contributed by atoms with Crippen molar-refractivity contribution in [1.29, 1.82) is 0 Å². The van der Waals surface area contributed by atoms with E-state index in [4.69, 9.17) is 19.6 Å².